The number of halogens is 1. The molecule has 5 heteroatoms. The van der Waals surface area contributed by atoms with E-state index >= 15 is 0 Å². The lowest BCUT2D eigenvalue weighted by molar-refractivity contribution is 0.150. The maximum Gasteiger partial charge on any atom is 0.407 e. The molecule has 1 aromatic rings. The first-order chi connectivity index (χ1) is 7.74. The maximum atomic E-state index is 10.8. The Hall–Kier alpha value is -0.870. The average molecular weight is 258 g/mol. The van der Waals surface area contributed by atoms with Crippen LogP contribution in [0.2, 0.25) is 5.02 Å². The molecule has 0 aliphatic carbocycles. The summed E-state index contributed by atoms with van der Waals surface area (Å²) in [5, 5.41) is 3.39. The second-order valence-electron chi connectivity index (χ2n) is 3.55. The van der Waals surface area contributed by atoms with Gasteiger partial charge in [-0.2, -0.15) is 11.8 Å². The first kappa shape index (κ1) is 11.6. The first-order valence-corrected chi connectivity index (χ1v) is 6.54. The molecule has 1 aliphatic heterocycles. The molecule has 1 heterocycles. The monoisotopic (exact) mass is 257 g/mol. The number of amides is 1. The van der Waals surface area contributed by atoms with Crippen LogP contribution in [0.4, 0.5) is 4.79 Å². The number of hydrogen-bond donors (Lipinski definition) is 1. The van der Waals surface area contributed by atoms with Crippen molar-refractivity contribution in [3.8, 4) is 0 Å². The Labute approximate surface area is 104 Å². The lowest BCUT2D eigenvalue weighted by Gasteiger charge is -2.07. The van der Waals surface area contributed by atoms with Gasteiger partial charge in [-0.25, -0.2) is 4.79 Å². The lowest BCUT2D eigenvalue weighted by atomic mass is 10.2. The van der Waals surface area contributed by atoms with Crippen molar-refractivity contribution < 1.29 is 9.53 Å². The quantitative estimate of drug-likeness (QED) is 0.901. The summed E-state index contributed by atoms with van der Waals surface area (Å²) in [6.07, 6.45) is -0.315. The topological polar surface area (TPSA) is 38.3 Å². The number of alkyl carbamates (subject to hydrolysis) is 1. The predicted octanol–water partition coefficient (Wildman–Crippen LogP) is 2.68. The van der Waals surface area contributed by atoms with Gasteiger partial charge < -0.3 is 10.1 Å². The van der Waals surface area contributed by atoms with E-state index in [-0.39, 0.29) is 12.2 Å². The van der Waals surface area contributed by atoms with E-state index in [9.17, 15) is 4.79 Å². The van der Waals surface area contributed by atoms with E-state index in [1.165, 1.54) is 5.56 Å². The molecule has 0 saturated carbocycles. The van der Waals surface area contributed by atoms with Gasteiger partial charge in [0.1, 0.15) is 6.10 Å². The Morgan fingerprint density at radius 3 is 3.12 bits per heavy atom. The van der Waals surface area contributed by atoms with Gasteiger partial charge in [0.15, 0.2) is 0 Å². The molecule has 1 amide bonds. The largest absolute Gasteiger partial charge is 0.443 e. The van der Waals surface area contributed by atoms with Gasteiger partial charge in [0, 0.05) is 16.5 Å². The number of nitrogens with one attached hydrogen (secondary N) is 1. The van der Waals surface area contributed by atoms with E-state index in [0.717, 1.165) is 16.5 Å². The van der Waals surface area contributed by atoms with Crippen molar-refractivity contribution in [2.75, 3.05) is 12.3 Å². The summed E-state index contributed by atoms with van der Waals surface area (Å²) in [6, 6.07) is 7.79. The van der Waals surface area contributed by atoms with Crippen molar-refractivity contribution in [1.29, 1.82) is 0 Å². The van der Waals surface area contributed by atoms with Crippen LogP contribution in [0.5, 0.6) is 0 Å². The lowest BCUT2D eigenvalue weighted by Crippen LogP contribution is -2.16. The van der Waals surface area contributed by atoms with Gasteiger partial charge >= 0.3 is 6.09 Å². The first-order valence-electron chi connectivity index (χ1n) is 5.01. The Bertz CT molecular complexity index is 386. The van der Waals surface area contributed by atoms with E-state index in [4.69, 9.17) is 16.3 Å². The third kappa shape index (κ3) is 3.32. The van der Waals surface area contributed by atoms with Gasteiger partial charge in [-0.1, -0.05) is 23.7 Å². The summed E-state index contributed by atoms with van der Waals surface area (Å²) in [5.41, 5.74) is 1.19. The van der Waals surface area contributed by atoms with Crippen molar-refractivity contribution in [3.05, 3.63) is 34.9 Å². The molecule has 16 heavy (non-hydrogen) atoms. The van der Waals surface area contributed by atoms with Crippen molar-refractivity contribution in [2.45, 2.75) is 11.9 Å². The van der Waals surface area contributed by atoms with E-state index in [1.54, 1.807) is 11.8 Å². The molecule has 0 aromatic heterocycles. The molecular weight excluding hydrogens is 246 g/mol. The van der Waals surface area contributed by atoms with Crippen LogP contribution in [0.3, 0.4) is 0 Å². The van der Waals surface area contributed by atoms with Crippen molar-refractivity contribution in [1.82, 2.24) is 5.32 Å². The molecule has 0 radical (unpaired) electrons. The number of carbonyl (C=O) groups is 1. The standard InChI is InChI=1S/C11H12ClNO2S/c12-9-3-1-2-8(4-9)6-16-7-10-5-13-11(14)15-10/h1-4,10H,5-7H2,(H,13,14)/t10-/m1/s1. The fraction of sp³-hybridized carbons (Fsp3) is 0.364. The zero-order valence-electron chi connectivity index (χ0n) is 8.61. The Morgan fingerprint density at radius 1 is 1.56 bits per heavy atom. The van der Waals surface area contributed by atoms with Gasteiger partial charge in [-0.15, -0.1) is 0 Å². The van der Waals surface area contributed by atoms with Crippen LogP contribution in [0.15, 0.2) is 24.3 Å². The fourth-order valence-corrected chi connectivity index (χ4v) is 2.65. The molecule has 3 nitrogen and oxygen atoms in total. The van der Waals surface area contributed by atoms with Crippen LogP contribution in [-0.2, 0) is 10.5 Å². The van der Waals surface area contributed by atoms with E-state index in [2.05, 4.69) is 5.32 Å². The number of cyclic esters (lactones) is 1. The van der Waals surface area contributed by atoms with Crippen LogP contribution in [0.1, 0.15) is 5.56 Å². The van der Waals surface area contributed by atoms with Gasteiger partial charge in [-0.3, -0.25) is 0 Å². The third-order valence-electron chi connectivity index (χ3n) is 2.21. The van der Waals surface area contributed by atoms with Gasteiger partial charge in [0.2, 0.25) is 0 Å². The highest BCUT2D eigenvalue weighted by Gasteiger charge is 2.21. The molecule has 2 rings (SSSR count). The Kier molecular flexibility index (Phi) is 3.96. The number of hydrogen-bond acceptors (Lipinski definition) is 3. The summed E-state index contributed by atoms with van der Waals surface area (Å²) >= 11 is 7.62. The second kappa shape index (κ2) is 5.46. The minimum absolute atomic E-state index is 0.00307. The molecule has 1 saturated heterocycles. The van der Waals surface area contributed by atoms with Crippen LogP contribution < -0.4 is 5.32 Å². The molecule has 1 N–H and O–H groups in total. The van der Waals surface area contributed by atoms with E-state index in [0.29, 0.717) is 6.54 Å². The van der Waals surface area contributed by atoms with Gasteiger partial charge in [0.05, 0.1) is 6.54 Å². The Morgan fingerprint density at radius 2 is 2.44 bits per heavy atom. The number of carbonyl (C=O) groups excluding carboxylic acids is 1. The van der Waals surface area contributed by atoms with Crippen LogP contribution in [0.25, 0.3) is 0 Å². The zero-order chi connectivity index (χ0) is 11.4. The molecule has 1 aromatic carbocycles. The fourth-order valence-electron chi connectivity index (χ4n) is 1.46. The predicted molar refractivity (Wildman–Crippen MR) is 65.9 cm³/mol. The highest BCUT2D eigenvalue weighted by Crippen LogP contribution is 2.18. The summed E-state index contributed by atoms with van der Waals surface area (Å²) in [7, 11) is 0. The zero-order valence-corrected chi connectivity index (χ0v) is 10.2. The smallest absolute Gasteiger partial charge is 0.407 e. The molecule has 1 aliphatic rings. The van der Waals surface area contributed by atoms with Crippen LogP contribution in [0, 0.1) is 0 Å². The van der Waals surface area contributed by atoms with Crippen LogP contribution >= 0.6 is 23.4 Å². The highest BCUT2D eigenvalue weighted by molar-refractivity contribution is 7.98. The Balaban J connectivity index is 1.74. The number of thioether (sulfide) groups is 1. The molecular formula is C11H12ClNO2S. The summed E-state index contributed by atoms with van der Waals surface area (Å²) < 4.78 is 5.03. The van der Waals surface area contributed by atoms with E-state index in [1.807, 2.05) is 24.3 Å². The molecule has 86 valence electrons. The van der Waals surface area contributed by atoms with Crippen molar-refractivity contribution >= 4 is 29.5 Å². The molecule has 0 spiro atoms. The number of ether oxygens (including phenoxy) is 1. The summed E-state index contributed by atoms with van der Waals surface area (Å²) in [4.78, 5) is 10.8. The molecule has 1 fully saturated rings. The number of benzene rings is 1. The minimum atomic E-state index is -0.312. The molecule has 1 atom stereocenters. The summed E-state index contributed by atoms with van der Waals surface area (Å²) in [5.74, 6) is 1.69. The highest BCUT2D eigenvalue weighted by atomic mass is 35.5. The van der Waals surface area contributed by atoms with Crippen LogP contribution in [-0.4, -0.2) is 24.5 Å². The van der Waals surface area contributed by atoms with Gasteiger partial charge in [0.25, 0.3) is 0 Å². The molecule has 0 bridgehead atoms. The average Bonchev–Trinajstić information content (AvgIpc) is 2.64. The normalized spacial score (nSPS) is 19.3. The van der Waals surface area contributed by atoms with Gasteiger partial charge in [-0.05, 0) is 17.7 Å². The number of rotatable bonds is 4. The SMILES string of the molecule is O=C1NC[C@H](CSCc2cccc(Cl)c2)O1. The van der Waals surface area contributed by atoms with Crippen molar-refractivity contribution in [2.24, 2.45) is 0 Å². The summed E-state index contributed by atoms with van der Waals surface area (Å²) in [6.45, 7) is 0.612. The maximum absolute atomic E-state index is 10.8. The third-order valence-corrected chi connectivity index (χ3v) is 3.59. The van der Waals surface area contributed by atoms with E-state index < -0.39 is 0 Å². The van der Waals surface area contributed by atoms with Crippen molar-refractivity contribution in [3.63, 3.8) is 0 Å². The second-order valence-corrected chi connectivity index (χ2v) is 5.02. The minimum Gasteiger partial charge on any atom is -0.443 e. The molecule has 0 unspecified atom stereocenters.